The number of nitro benzene ring substituents is 1. The number of benzene rings is 1. The third-order valence-corrected chi connectivity index (χ3v) is 3.92. The monoisotopic (exact) mass is 299 g/mol. The minimum Gasteiger partial charge on any atom is -0.497 e. The van der Waals surface area contributed by atoms with Crippen LogP contribution in [0.2, 0.25) is 0 Å². The average Bonchev–Trinajstić information content (AvgIpc) is 2.42. The van der Waals surface area contributed by atoms with Gasteiger partial charge in [-0.15, -0.1) is 0 Å². The Hall–Kier alpha value is -2.18. The van der Waals surface area contributed by atoms with Gasteiger partial charge in [-0.2, -0.15) is 5.26 Å². The molecule has 0 aliphatic rings. The lowest BCUT2D eigenvalue weighted by Crippen LogP contribution is -2.25. The van der Waals surface area contributed by atoms with Crippen molar-refractivity contribution in [2.75, 3.05) is 13.7 Å². The van der Waals surface area contributed by atoms with E-state index in [0.717, 1.165) is 12.1 Å². The van der Waals surface area contributed by atoms with Crippen LogP contribution in [0.4, 0.5) is 5.69 Å². The molecule has 0 saturated heterocycles. The van der Waals surface area contributed by atoms with E-state index in [1.807, 2.05) is 6.07 Å². The first-order valence-corrected chi connectivity index (χ1v) is 7.09. The first-order valence-electron chi connectivity index (χ1n) is 5.61. The first kappa shape index (κ1) is 15.9. The molecule has 108 valence electrons. The Bertz CT molecular complexity index is 636. The molecule has 0 saturated carbocycles. The Morgan fingerprint density at radius 2 is 2.20 bits per heavy atom. The second-order valence-electron chi connectivity index (χ2n) is 3.75. The van der Waals surface area contributed by atoms with Crippen LogP contribution < -0.4 is 9.46 Å². The maximum Gasteiger partial charge on any atom is 0.293 e. The zero-order valence-electron chi connectivity index (χ0n) is 10.7. The molecule has 8 nitrogen and oxygen atoms in total. The molecule has 0 amide bonds. The van der Waals surface area contributed by atoms with Crippen molar-refractivity contribution >= 4 is 15.7 Å². The lowest BCUT2D eigenvalue weighted by Gasteiger charge is -2.07. The number of rotatable bonds is 7. The van der Waals surface area contributed by atoms with Gasteiger partial charge in [0.1, 0.15) is 5.75 Å². The molecule has 0 fully saturated rings. The summed E-state index contributed by atoms with van der Waals surface area (Å²) in [4.78, 5) is 9.71. The van der Waals surface area contributed by atoms with Crippen LogP contribution in [0, 0.1) is 21.4 Å². The second kappa shape index (κ2) is 6.83. The number of ether oxygens (including phenoxy) is 1. The van der Waals surface area contributed by atoms with Crippen LogP contribution in [0.25, 0.3) is 0 Å². The van der Waals surface area contributed by atoms with Gasteiger partial charge in [-0.1, -0.05) is 0 Å². The maximum absolute atomic E-state index is 12.0. The summed E-state index contributed by atoms with van der Waals surface area (Å²) in [5.74, 6) is 0.195. The van der Waals surface area contributed by atoms with Gasteiger partial charge in [0.25, 0.3) is 5.69 Å². The molecule has 20 heavy (non-hydrogen) atoms. The summed E-state index contributed by atoms with van der Waals surface area (Å²) in [5, 5.41) is 19.3. The highest BCUT2D eigenvalue weighted by Crippen LogP contribution is 2.28. The molecule has 1 aromatic rings. The Kier molecular flexibility index (Phi) is 5.42. The van der Waals surface area contributed by atoms with Crippen LogP contribution in [0.1, 0.15) is 12.8 Å². The molecule has 0 heterocycles. The van der Waals surface area contributed by atoms with E-state index in [4.69, 9.17) is 10.00 Å². The number of unbranched alkanes of at least 4 members (excludes halogenated alkanes) is 1. The van der Waals surface area contributed by atoms with Crippen molar-refractivity contribution in [2.45, 2.75) is 17.7 Å². The van der Waals surface area contributed by atoms with Crippen LogP contribution in [-0.4, -0.2) is 27.0 Å². The zero-order chi connectivity index (χ0) is 15.2. The summed E-state index contributed by atoms with van der Waals surface area (Å²) in [7, 11) is -2.67. The smallest absolute Gasteiger partial charge is 0.293 e. The number of nitrogens with zero attached hydrogens (tertiary/aromatic N) is 2. The van der Waals surface area contributed by atoms with Crippen molar-refractivity contribution in [3.8, 4) is 11.8 Å². The highest BCUT2D eigenvalue weighted by atomic mass is 32.2. The van der Waals surface area contributed by atoms with E-state index in [-0.39, 0.29) is 18.7 Å². The van der Waals surface area contributed by atoms with Crippen LogP contribution in [0.5, 0.6) is 5.75 Å². The third kappa shape index (κ3) is 3.91. The number of nitro groups is 1. The first-order chi connectivity index (χ1) is 9.42. The van der Waals surface area contributed by atoms with Crippen LogP contribution >= 0.6 is 0 Å². The molecule has 1 rings (SSSR count). The molecule has 0 aliphatic carbocycles. The summed E-state index contributed by atoms with van der Waals surface area (Å²) < 4.78 is 31.0. The molecular weight excluding hydrogens is 286 g/mol. The van der Waals surface area contributed by atoms with E-state index in [9.17, 15) is 18.5 Å². The van der Waals surface area contributed by atoms with Gasteiger partial charge >= 0.3 is 0 Å². The Morgan fingerprint density at radius 3 is 2.75 bits per heavy atom. The fourth-order valence-corrected chi connectivity index (χ4v) is 2.67. The molecular formula is C11H13N3O5S. The summed E-state index contributed by atoms with van der Waals surface area (Å²) in [6, 6.07) is 5.37. The molecule has 0 unspecified atom stereocenters. The van der Waals surface area contributed by atoms with Crippen molar-refractivity contribution in [1.82, 2.24) is 4.72 Å². The van der Waals surface area contributed by atoms with Crippen LogP contribution in [-0.2, 0) is 10.0 Å². The Labute approximate surface area is 116 Å². The Morgan fingerprint density at radius 1 is 1.50 bits per heavy atom. The summed E-state index contributed by atoms with van der Waals surface area (Å²) in [6.45, 7) is 0.0408. The average molecular weight is 299 g/mol. The molecule has 0 radical (unpaired) electrons. The van der Waals surface area contributed by atoms with E-state index in [1.54, 1.807) is 0 Å². The van der Waals surface area contributed by atoms with Crippen molar-refractivity contribution in [3.05, 3.63) is 28.3 Å². The third-order valence-electron chi connectivity index (χ3n) is 2.41. The maximum atomic E-state index is 12.0. The summed E-state index contributed by atoms with van der Waals surface area (Å²) >= 11 is 0. The van der Waals surface area contributed by atoms with Crippen molar-refractivity contribution in [2.24, 2.45) is 0 Å². The number of hydrogen-bond acceptors (Lipinski definition) is 6. The number of nitrogens with one attached hydrogen (secondary N) is 1. The van der Waals surface area contributed by atoms with Gasteiger partial charge < -0.3 is 4.74 Å². The minimum atomic E-state index is -4.00. The van der Waals surface area contributed by atoms with Gasteiger partial charge in [-0.3, -0.25) is 10.1 Å². The molecule has 9 heteroatoms. The quantitative estimate of drug-likeness (QED) is 0.458. The molecule has 0 aliphatic heterocycles. The topological polar surface area (TPSA) is 122 Å². The van der Waals surface area contributed by atoms with E-state index in [2.05, 4.69) is 4.72 Å². The second-order valence-corrected chi connectivity index (χ2v) is 5.49. The highest BCUT2D eigenvalue weighted by Gasteiger charge is 2.25. The summed E-state index contributed by atoms with van der Waals surface area (Å²) in [5.41, 5.74) is -0.558. The molecule has 0 bridgehead atoms. The predicted octanol–water partition coefficient (Wildman–Crippen LogP) is 1.19. The van der Waals surface area contributed by atoms with E-state index in [0.29, 0.717) is 6.42 Å². The normalized spacial score (nSPS) is 10.8. The lowest BCUT2D eigenvalue weighted by atomic mass is 10.3. The fourth-order valence-electron chi connectivity index (χ4n) is 1.45. The van der Waals surface area contributed by atoms with Crippen LogP contribution in [0.15, 0.2) is 23.1 Å². The molecule has 1 N–H and O–H groups in total. The van der Waals surface area contributed by atoms with Crippen molar-refractivity contribution in [1.29, 1.82) is 5.26 Å². The van der Waals surface area contributed by atoms with Gasteiger partial charge in [-0.25, -0.2) is 13.1 Å². The Balaban J connectivity index is 3.05. The van der Waals surface area contributed by atoms with E-state index in [1.165, 1.54) is 13.2 Å². The van der Waals surface area contributed by atoms with Gasteiger partial charge in [0, 0.05) is 13.0 Å². The number of nitriles is 1. The fraction of sp³-hybridized carbons (Fsp3) is 0.364. The van der Waals surface area contributed by atoms with Gasteiger partial charge in [0.2, 0.25) is 10.0 Å². The number of sulfonamides is 1. The van der Waals surface area contributed by atoms with Crippen molar-refractivity contribution < 1.29 is 18.1 Å². The molecule has 0 aromatic heterocycles. The lowest BCUT2D eigenvalue weighted by molar-refractivity contribution is -0.387. The van der Waals surface area contributed by atoms with E-state index < -0.39 is 25.5 Å². The van der Waals surface area contributed by atoms with Gasteiger partial charge in [0.05, 0.1) is 24.2 Å². The highest BCUT2D eigenvalue weighted by molar-refractivity contribution is 7.89. The van der Waals surface area contributed by atoms with E-state index >= 15 is 0 Å². The minimum absolute atomic E-state index is 0.0408. The van der Waals surface area contributed by atoms with Crippen LogP contribution in [0.3, 0.4) is 0 Å². The number of methoxy groups -OCH3 is 1. The molecule has 1 aromatic carbocycles. The SMILES string of the molecule is COc1ccc(S(=O)(=O)NCCCC#N)c([N+](=O)[O-])c1. The summed E-state index contributed by atoms with van der Waals surface area (Å²) in [6.07, 6.45) is 0.535. The van der Waals surface area contributed by atoms with Gasteiger partial charge in [-0.05, 0) is 18.6 Å². The standard InChI is InChI=1S/C11H13N3O5S/c1-19-9-4-5-11(10(8-9)14(15)16)20(17,18)13-7-3-2-6-12/h4-5,8,13H,2-3,7H2,1H3. The largest absolute Gasteiger partial charge is 0.497 e. The van der Waals surface area contributed by atoms with Gasteiger partial charge in [0.15, 0.2) is 4.90 Å². The molecule has 0 atom stereocenters. The predicted molar refractivity (Wildman–Crippen MR) is 69.7 cm³/mol. The number of hydrogen-bond donors (Lipinski definition) is 1. The van der Waals surface area contributed by atoms with Crippen molar-refractivity contribution in [3.63, 3.8) is 0 Å². The molecule has 0 spiro atoms. The zero-order valence-corrected chi connectivity index (χ0v) is 11.5.